The normalized spacial score (nSPS) is 34.7. The van der Waals surface area contributed by atoms with Crippen molar-refractivity contribution in [2.24, 2.45) is 23.7 Å². The molecule has 3 amide bonds. The second-order valence-electron chi connectivity index (χ2n) is 11.4. The molecule has 4 aliphatic rings. The van der Waals surface area contributed by atoms with E-state index in [0.717, 1.165) is 19.3 Å². The summed E-state index contributed by atoms with van der Waals surface area (Å²) in [7, 11) is 1.58. The van der Waals surface area contributed by atoms with Gasteiger partial charge in [0.05, 0.1) is 25.0 Å². The number of nitrogens with one attached hydrogen (secondary N) is 2. The largest absolute Gasteiger partial charge is 0.497 e. The number of rotatable bonds is 10. The van der Waals surface area contributed by atoms with Crippen LogP contribution in [0.4, 0.5) is 5.69 Å². The predicted molar refractivity (Wildman–Crippen MR) is 146 cm³/mol. The molecule has 0 unspecified atom stereocenters. The van der Waals surface area contributed by atoms with Gasteiger partial charge >= 0.3 is 0 Å². The minimum Gasteiger partial charge on any atom is -0.497 e. The van der Waals surface area contributed by atoms with Crippen molar-refractivity contribution in [3.63, 3.8) is 0 Å². The van der Waals surface area contributed by atoms with Crippen molar-refractivity contribution in [1.82, 2.24) is 10.2 Å². The van der Waals surface area contributed by atoms with Gasteiger partial charge in [0, 0.05) is 31.5 Å². The van der Waals surface area contributed by atoms with E-state index in [-0.39, 0.29) is 23.8 Å². The maximum Gasteiger partial charge on any atom is 0.246 e. The third kappa shape index (κ3) is 4.95. The van der Waals surface area contributed by atoms with E-state index in [1.54, 1.807) is 36.3 Å². The van der Waals surface area contributed by atoms with Gasteiger partial charge in [-0.2, -0.15) is 0 Å². The summed E-state index contributed by atoms with van der Waals surface area (Å²) in [6.45, 7) is 7.78. The predicted octanol–water partition coefficient (Wildman–Crippen LogP) is 3.15. The van der Waals surface area contributed by atoms with E-state index in [0.29, 0.717) is 49.5 Å². The molecule has 1 aromatic carbocycles. The molecule has 8 atom stereocenters. The fourth-order valence-corrected chi connectivity index (χ4v) is 6.94. The highest BCUT2D eigenvalue weighted by Crippen LogP contribution is 2.55. The molecule has 39 heavy (non-hydrogen) atoms. The first-order chi connectivity index (χ1) is 18.8. The SMILES string of the molecule is CCOCCCN1C(=O)[C@@H]2[C@H](C(=O)Nc3ccc(OC)cc3)[C@@H]3C=C[C@@]2(O3)[C@@H]1C(=O)N[C@@H]1CCC[C@@H](C)[C@@H]1C. The molecular weight excluding hydrogens is 498 g/mol. The molecule has 3 fully saturated rings. The van der Waals surface area contributed by atoms with Crippen LogP contribution in [0, 0.1) is 23.7 Å². The van der Waals surface area contributed by atoms with Gasteiger partial charge in [0.25, 0.3) is 0 Å². The minimum absolute atomic E-state index is 0.0498. The van der Waals surface area contributed by atoms with Gasteiger partial charge in [-0.3, -0.25) is 14.4 Å². The number of carbonyl (C=O) groups excluding carboxylic acids is 3. The molecule has 3 aliphatic heterocycles. The van der Waals surface area contributed by atoms with Crippen LogP contribution in [-0.4, -0.2) is 73.3 Å². The molecule has 9 heteroatoms. The number of carbonyl (C=O) groups is 3. The number of benzene rings is 1. The molecule has 2 saturated heterocycles. The van der Waals surface area contributed by atoms with E-state index in [9.17, 15) is 14.4 Å². The van der Waals surface area contributed by atoms with E-state index >= 15 is 0 Å². The van der Waals surface area contributed by atoms with Crippen LogP contribution in [0.1, 0.15) is 46.5 Å². The number of ether oxygens (including phenoxy) is 3. The Hall–Kier alpha value is -2.91. The standard InChI is InChI=1S/C30H41N3O6/c1-5-38-17-7-16-33-26(28(35)32-22-9-6-8-18(2)19(22)3)30-15-14-23(39-30)24(25(30)29(33)36)27(34)31-20-10-12-21(37-4)13-11-20/h10-15,18-19,22-26H,5-9,16-17H2,1-4H3,(H,31,34)(H,32,35)/t18-,19+,22-,23+,24-,25+,26+,30+/m1/s1. The maximum absolute atomic E-state index is 14.0. The van der Waals surface area contributed by atoms with Crippen LogP contribution in [0.2, 0.25) is 0 Å². The van der Waals surface area contributed by atoms with E-state index in [1.165, 1.54) is 0 Å². The van der Waals surface area contributed by atoms with Crippen molar-refractivity contribution in [3.05, 3.63) is 36.4 Å². The highest BCUT2D eigenvalue weighted by molar-refractivity contribution is 6.02. The quantitative estimate of drug-likeness (QED) is 0.350. The Labute approximate surface area is 230 Å². The third-order valence-electron chi connectivity index (χ3n) is 9.21. The third-order valence-corrected chi connectivity index (χ3v) is 9.21. The molecule has 5 rings (SSSR count). The van der Waals surface area contributed by atoms with Crippen molar-refractivity contribution in [2.45, 2.75) is 70.2 Å². The number of hydrogen-bond acceptors (Lipinski definition) is 6. The molecular formula is C30H41N3O6. The molecule has 2 N–H and O–H groups in total. The van der Waals surface area contributed by atoms with Crippen LogP contribution in [0.15, 0.2) is 36.4 Å². The van der Waals surface area contributed by atoms with E-state index in [1.807, 2.05) is 19.1 Å². The molecule has 0 aromatic heterocycles. The first-order valence-electron chi connectivity index (χ1n) is 14.3. The highest BCUT2D eigenvalue weighted by Gasteiger charge is 2.72. The van der Waals surface area contributed by atoms with Crippen molar-refractivity contribution in [2.75, 3.05) is 32.2 Å². The van der Waals surface area contributed by atoms with Gasteiger partial charge in [0.2, 0.25) is 17.7 Å². The molecule has 1 saturated carbocycles. The topological polar surface area (TPSA) is 106 Å². The fraction of sp³-hybridized carbons (Fsp3) is 0.633. The van der Waals surface area contributed by atoms with E-state index < -0.39 is 29.6 Å². The van der Waals surface area contributed by atoms with Gasteiger partial charge < -0.3 is 29.7 Å². The summed E-state index contributed by atoms with van der Waals surface area (Å²) in [5.74, 6) is -0.650. The maximum atomic E-state index is 14.0. The van der Waals surface area contributed by atoms with Crippen LogP contribution < -0.4 is 15.4 Å². The van der Waals surface area contributed by atoms with Gasteiger partial charge in [0.15, 0.2) is 0 Å². The average molecular weight is 540 g/mol. The monoisotopic (exact) mass is 539 g/mol. The van der Waals surface area contributed by atoms with Gasteiger partial charge in [-0.1, -0.05) is 38.8 Å². The van der Waals surface area contributed by atoms with Gasteiger partial charge in [-0.05, 0) is 55.9 Å². The smallest absolute Gasteiger partial charge is 0.246 e. The summed E-state index contributed by atoms with van der Waals surface area (Å²) in [6.07, 6.45) is 6.88. The zero-order valence-electron chi connectivity index (χ0n) is 23.4. The summed E-state index contributed by atoms with van der Waals surface area (Å²) in [5.41, 5.74) is -0.557. The Balaban J connectivity index is 1.40. The Morgan fingerprint density at radius 2 is 1.92 bits per heavy atom. The zero-order valence-corrected chi connectivity index (χ0v) is 23.4. The molecule has 212 valence electrons. The van der Waals surface area contributed by atoms with Crippen LogP contribution in [0.5, 0.6) is 5.75 Å². The minimum atomic E-state index is -1.16. The average Bonchev–Trinajstić information content (AvgIpc) is 3.57. The second-order valence-corrected chi connectivity index (χ2v) is 11.4. The number of anilines is 1. The Morgan fingerprint density at radius 1 is 1.15 bits per heavy atom. The summed E-state index contributed by atoms with van der Waals surface area (Å²) in [5, 5.41) is 6.23. The zero-order chi connectivity index (χ0) is 27.7. The lowest BCUT2D eigenvalue weighted by Gasteiger charge is -2.38. The summed E-state index contributed by atoms with van der Waals surface area (Å²) in [4.78, 5) is 43.2. The summed E-state index contributed by atoms with van der Waals surface area (Å²) >= 11 is 0. The van der Waals surface area contributed by atoms with Crippen molar-refractivity contribution in [3.8, 4) is 5.75 Å². The van der Waals surface area contributed by atoms with Gasteiger partial charge in [0.1, 0.15) is 17.4 Å². The van der Waals surface area contributed by atoms with Crippen molar-refractivity contribution >= 4 is 23.4 Å². The lowest BCUT2D eigenvalue weighted by Crippen LogP contribution is -2.58. The van der Waals surface area contributed by atoms with E-state index in [4.69, 9.17) is 14.2 Å². The van der Waals surface area contributed by atoms with Crippen molar-refractivity contribution in [1.29, 1.82) is 0 Å². The van der Waals surface area contributed by atoms with Gasteiger partial charge in [-0.15, -0.1) is 0 Å². The number of likely N-dealkylation sites (tertiary alicyclic amines) is 1. The lowest BCUT2D eigenvalue weighted by molar-refractivity contribution is -0.141. The van der Waals surface area contributed by atoms with Crippen LogP contribution >= 0.6 is 0 Å². The first-order valence-corrected chi connectivity index (χ1v) is 14.3. The summed E-state index contributed by atoms with van der Waals surface area (Å²) < 4.78 is 17.2. The number of nitrogens with zero attached hydrogens (tertiary/aromatic N) is 1. The summed E-state index contributed by atoms with van der Waals surface area (Å²) in [6, 6.07) is 6.27. The number of hydrogen-bond donors (Lipinski definition) is 2. The highest BCUT2D eigenvalue weighted by atomic mass is 16.5. The van der Waals surface area contributed by atoms with Gasteiger partial charge in [-0.25, -0.2) is 0 Å². The first kappa shape index (κ1) is 27.6. The Morgan fingerprint density at radius 3 is 2.64 bits per heavy atom. The number of fused-ring (bicyclic) bond motifs is 1. The fourth-order valence-electron chi connectivity index (χ4n) is 6.94. The molecule has 3 heterocycles. The molecule has 2 bridgehead atoms. The molecule has 1 aliphatic carbocycles. The van der Waals surface area contributed by atoms with E-state index in [2.05, 4.69) is 24.5 Å². The lowest BCUT2D eigenvalue weighted by atomic mass is 9.73. The Bertz CT molecular complexity index is 1110. The number of amides is 3. The number of methoxy groups -OCH3 is 1. The van der Waals surface area contributed by atoms with Crippen LogP contribution in [0.25, 0.3) is 0 Å². The molecule has 1 spiro atoms. The molecule has 1 aromatic rings. The molecule has 0 radical (unpaired) electrons. The Kier molecular flexibility index (Phi) is 8.01. The molecule has 9 nitrogen and oxygen atoms in total. The van der Waals surface area contributed by atoms with Crippen LogP contribution in [0.3, 0.4) is 0 Å². The van der Waals surface area contributed by atoms with Crippen LogP contribution in [-0.2, 0) is 23.9 Å². The van der Waals surface area contributed by atoms with Crippen molar-refractivity contribution < 1.29 is 28.6 Å². The second kappa shape index (κ2) is 11.3.